The van der Waals surface area contributed by atoms with Crippen molar-refractivity contribution in [1.29, 1.82) is 0 Å². The van der Waals surface area contributed by atoms with Crippen molar-refractivity contribution in [1.82, 2.24) is 4.72 Å². The van der Waals surface area contributed by atoms with Crippen molar-refractivity contribution in [3.05, 3.63) is 24.3 Å². The molecule has 0 aromatic heterocycles. The van der Waals surface area contributed by atoms with E-state index in [-0.39, 0.29) is 5.75 Å². The first-order valence-corrected chi connectivity index (χ1v) is 6.73. The average molecular weight is 245 g/mol. The van der Waals surface area contributed by atoms with Crippen molar-refractivity contribution < 1.29 is 18.3 Å². The lowest BCUT2D eigenvalue weighted by Crippen LogP contribution is -2.24. The summed E-state index contributed by atoms with van der Waals surface area (Å²) in [6.07, 6.45) is 1.65. The molecule has 1 aromatic carbocycles. The van der Waals surface area contributed by atoms with E-state index in [1.807, 2.05) is 0 Å². The summed E-state index contributed by atoms with van der Waals surface area (Å²) >= 11 is 0. The molecule has 1 aromatic rings. The maximum atomic E-state index is 10.7. The number of benzene rings is 1. The number of ether oxygens (including phenoxy) is 1. The Labute approximate surface area is 95.1 Å². The molecule has 0 unspecified atom stereocenters. The van der Waals surface area contributed by atoms with E-state index in [0.717, 1.165) is 6.26 Å². The maximum absolute atomic E-state index is 10.7. The molecule has 16 heavy (non-hydrogen) atoms. The van der Waals surface area contributed by atoms with Crippen molar-refractivity contribution in [3.8, 4) is 11.5 Å². The van der Waals surface area contributed by atoms with Gasteiger partial charge in [-0.15, -0.1) is 0 Å². The van der Waals surface area contributed by atoms with Crippen molar-refractivity contribution in [2.75, 3.05) is 19.4 Å². The van der Waals surface area contributed by atoms with Crippen LogP contribution in [0.3, 0.4) is 0 Å². The van der Waals surface area contributed by atoms with Crippen LogP contribution in [-0.2, 0) is 10.0 Å². The highest BCUT2D eigenvalue weighted by atomic mass is 32.2. The third-order valence-corrected chi connectivity index (χ3v) is 2.54. The number of rotatable bonds is 6. The lowest BCUT2D eigenvalue weighted by atomic mass is 10.3. The molecule has 0 radical (unpaired) electrons. The standard InChI is InChI=1S/C10H15NO4S/c1-16(13,14)11-7-4-8-15-10-6-3-2-5-9(10)12/h2-3,5-6,11-12H,4,7-8H2,1H3. The predicted octanol–water partition coefficient (Wildman–Crippen LogP) is 0.710. The van der Waals surface area contributed by atoms with E-state index in [9.17, 15) is 13.5 Å². The largest absolute Gasteiger partial charge is 0.504 e. The SMILES string of the molecule is CS(=O)(=O)NCCCOc1ccccc1O. The van der Waals surface area contributed by atoms with Gasteiger partial charge in [0.2, 0.25) is 10.0 Å². The molecular formula is C10H15NO4S. The number of nitrogens with one attached hydrogen (secondary N) is 1. The Kier molecular flexibility index (Phi) is 4.57. The summed E-state index contributed by atoms with van der Waals surface area (Å²) in [5, 5.41) is 9.36. The number of sulfonamides is 1. The van der Waals surface area contributed by atoms with Crippen molar-refractivity contribution in [2.24, 2.45) is 0 Å². The van der Waals surface area contributed by atoms with E-state index in [1.54, 1.807) is 18.2 Å². The number of hydrogen-bond acceptors (Lipinski definition) is 4. The molecule has 0 aliphatic carbocycles. The molecule has 5 nitrogen and oxygen atoms in total. The fourth-order valence-electron chi connectivity index (χ4n) is 1.09. The van der Waals surface area contributed by atoms with Crippen LogP contribution in [-0.4, -0.2) is 32.9 Å². The number of hydrogen-bond donors (Lipinski definition) is 2. The number of phenols is 1. The topological polar surface area (TPSA) is 75.6 Å². The van der Waals surface area contributed by atoms with Gasteiger partial charge < -0.3 is 9.84 Å². The molecule has 0 spiro atoms. The van der Waals surface area contributed by atoms with E-state index in [1.165, 1.54) is 6.07 Å². The highest BCUT2D eigenvalue weighted by Gasteiger charge is 2.01. The zero-order valence-corrected chi connectivity index (χ0v) is 9.83. The van der Waals surface area contributed by atoms with Gasteiger partial charge in [-0.05, 0) is 18.6 Å². The zero-order chi connectivity index (χ0) is 12.0. The van der Waals surface area contributed by atoms with Gasteiger partial charge in [0.1, 0.15) is 0 Å². The third-order valence-electron chi connectivity index (χ3n) is 1.81. The molecule has 2 N–H and O–H groups in total. The minimum absolute atomic E-state index is 0.0820. The summed E-state index contributed by atoms with van der Waals surface area (Å²) in [4.78, 5) is 0. The van der Waals surface area contributed by atoms with Crippen LogP contribution in [0.5, 0.6) is 11.5 Å². The van der Waals surface area contributed by atoms with Gasteiger partial charge in [0.15, 0.2) is 11.5 Å². The Morgan fingerprint density at radius 1 is 1.38 bits per heavy atom. The average Bonchev–Trinajstić information content (AvgIpc) is 2.18. The minimum atomic E-state index is -3.13. The molecule has 0 saturated carbocycles. The molecule has 0 heterocycles. The quantitative estimate of drug-likeness (QED) is 0.724. The van der Waals surface area contributed by atoms with Gasteiger partial charge in [0.05, 0.1) is 12.9 Å². The summed E-state index contributed by atoms with van der Waals surface area (Å²) in [6, 6.07) is 6.64. The number of aromatic hydroxyl groups is 1. The first kappa shape index (κ1) is 12.8. The van der Waals surface area contributed by atoms with Gasteiger partial charge in [-0.3, -0.25) is 0 Å². The van der Waals surface area contributed by atoms with Crippen LogP contribution < -0.4 is 9.46 Å². The number of para-hydroxylation sites is 2. The second-order valence-corrected chi connectivity index (χ2v) is 5.17. The lowest BCUT2D eigenvalue weighted by molar-refractivity contribution is 0.294. The summed E-state index contributed by atoms with van der Waals surface area (Å²) in [5.74, 6) is 0.487. The summed E-state index contributed by atoms with van der Waals surface area (Å²) in [5.41, 5.74) is 0. The number of phenolic OH excluding ortho intramolecular Hbond substituents is 1. The normalized spacial score (nSPS) is 11.3. The summed E-state index contributed by atoms with van der Waals surface area (Å²) in [7, 11) is -3.13. The third kappa shape index (κ3) is 4.99. The van der Waals surface area contributed by atoms with Gasteiger partial charge in [-0.25, -0.2) is 13.1 Å². The van der Waals surface area contributed by atoms with E-state index >= 15 is 0 Å². The van der Waals surface area contributed by atoms with E-state index in [4.69, 9.17) is 4.74 Å². The van der Waals surface area contributed by atoms with Crippen LogP contribution in [0, 0.1) is 0 Å². The van der Waals surface area contributed by atoms with Gasteiger partial charge in [-0.1, -0.05) is 12.1 Å². The van der Waals surface area contributed by atoms with Gasteiger partial charge in [0.25, 0.3) is 0 Å². The van der Waals surface area contributed by atoms with Crippen LogP contribution >= 0.6 is 0 Å². The Balaban J connectivity index is 2.24. The Bertz CT molecular complexity index is 430. The van der Waals surface area contributed by atoms with E-state index in [2.05, 4.69) is 4.72 Å². The van der Waals surface area contributed by atoms with Crippen LogP contribution in [0.1, 0.15) is 6.42 Å². The molecule has 0 bridgehead atoms. The van der Waals surface area contributed by atoms with Gasteiger partial charge >= 0.3 is 0 Å². The Morgan fingerprint density at radius 3 is 2.69 bits per heavy atom. The smallest absolute Gasteiger partial charge is 0.208 e. The lowest BCUT2D eigenvalue weighted by Gasteiger charge is -2.07. The maximum Gasteiger partial charge on any atom is 0.208 e. The fraction of sp³-hybridized carbons (Fsp3) is 0.400. The van der Waals surface area contributed by atoms with E-state index in [0.29, 0.717) is 25.3 Å². The van der Waals surface area contributed by atoms with E-state index < -0.39 is 10.0 Å². The van der Waals surface area contributed by atoms with Crippen molar-refractivity contribution in [2.45, 2.75) is 6.42 Å². The zero-order valence-electron chi connectivity index (χ0n) is 9.01. The molecule has 0 fully saturated rings. The van der Waals surface area contributed by atoms with Crippen molar-refractivity contribution >= 4 is 10.0 Å². The first-order valence-electron chi connectivity index (χ1n) is 4.84. The Morgan fingerprint density at radius 2 is 2.06 bits per heavy atom. The highest BCUT2D eigenvalue weighted by molar-refractivity contribution is 7.88. The molecule has 1 rings (SSSR count). The van der Waals surface area contributed by atoms with Gasteiger partial charge in [-0.2, -0.15) is 0 Å². The molecule has 0 atom stereocenters. The second-order valence-electron chi connectivity index (χ2n) is 3.34. The first-order chi connectivity index (χ1) is 7.49. The van der Waals surface area contributed by atoms with Crippen LogP contribution in [0.4, 0.5) is 0 Å². The monoisotopic (exact) mass is 245 g/mol. The molecule has 0 aliphatic heterocycles. The minimum Gasteiger partial charge on any atom is -0.504 e. The van der Waals surface area contributed by atoms with Crippen LogP contribution in [0.2, 0.25) is 0 Å². The molecule has 0 aliphatic rings. The highest BCUT2D eigenvalue weighted by Crippen LogP contribution is 2.24. The molecule has 0 saturated heterocycles. The van der Waals surface area contributed by atoms with Gasteiger partial charge in [0, 0.05) is 6.54 Å². The summed E-state index contributed by atoms with van der Waals surface area (Å²) < 4.78 is 29.1. The fourth-order valence-corrected chi connectivity index (χ4v) is 1.61. The second kappa shape index (κ2) is 5.72. The summed E-state index contributed by atoms with van der Waals surface area (Å²) in [6.45, 7) is 0.673. The molecule has 90 valence electrons. The van der Waals surface area contributed by atoms with Crippen molar-refractivity contribution in [3.63, 3.8) is 0 Å². The Hall–Kier alpha value is -1.27. The molecular weight excluding hydrogens is 230 g/mol. The molecule has 0 amide bonds. The predicted molar refractivity (Wildman–Crippen MR) is 61.1 cm³/mol. The molecule has 6 heteroatoms. The van der Waals surface area contributed by atoms with Crippen LogP contribution in [0.25, 0.3) is 0 Å². The van der Waals surface area contributed by atoms with Crippen LogP contribution in [0.15, 0.2) is 24.3 Å².